The van der Waals surface area contributed by atoms with E-state index in [4.69, 9.17) is 4.74 Å². The summed E-state index contributed by atoms with van der Waals surface area (Å²) in [6.07, 6.45) is 6.18. The van der Waals surface area contributed by atoms with E-state index in [0.717, 1.165) is 12.6 Å². The van der Waals surface area contributed by atoms with Crippen molar-refractivity contribution in [3.05, 3.63) is 53.6 Å². The maximum absolute atomic E-state index is 11.3. The molecule has 0 saturated carbocycles. The molecule has 0 aliphatic carbocycles. The smallest absolute Gasteiger partial charge is 0.302 e. The first kappa shape index (κ1) is 16.1. The second-order valence-electron chi connectivity index (χ2n) is 8.11. The van der Waals surface area contributed by atoms with Crippen molar-refractivity contribution in [1.82, 2.24) is 4.90 Å². The van der Waals surface area contributed by atoms with Crippen molar-refractivity contribution in [3.63, 3.8) is 0 Å². The molecule has 0 amide bonds. The molecule has 4 saturated heterocycles. The van der Waals surface area contributed by atoms with Crippen molar-refractivity contribution in [3.8, 4) is 0 Å². The molecule has 5 atom stereocenters. The van der Waals surface area contributed by atoms with Crippen LogP contribution in [-0.4, -0.2) is 36.1 Å². The van der Waals surface area contributed by atoms with Gasteiger partial charge in [0.2, 0.25) is 0 Å². The standard InChI is InChI=1S/C23H25NO2/c1-15(25)26-14-22-21-12-20-8-9-23(22)24(20)13-19(21)11-16-6-7-17-4-2-3-5-18(17)10-16/h2-7,10-11,20-23H,8-9,12-14H2,1H3/b19-11+. The third-order valence-corrected chi connectivity index (χ3v) is 6.67. The molecular formula is C23H25NO2. The van der Waals surface area contributed by atoms with Crippen molar-refractivity contribution in [2.24, 2.45) is 11.8 Å². The fourth-order valence-electron chi connectivity index (χ4n) is 5.52. The summed E-state index contributed by atoms with van der Waals surface area (Å²) < 4.78 is 5.45. The van der Waals surface area contributed by atoms with Crippen LogP contribution in [0.1, 0.15) is 31.7 Å². The Balaban J connectivity index is 1.46. The third-order valence-electron chi connectivity index (χ3n) is 6.67. The van der Waals surface area contributed by atoms with Gasteiger partial charge in [0.25, 0.3) is 0 Å². The fraction of sp³-hybridized carbons (Fsp3) is 0.435. The molecular weight excluding hydrogens is 322 g/mol. The molecule has 2 aromatic rings. The van der Waals surface area contributed by atoms with Crippen molar-refractivity contribution in [2.45, 2.75) is 38.3 Å². The summed E-state index contributed by atoms with van der Waals surface area (Å²) in [5.41, 5.74) is 2.80. The molecule has 0 spiro atoms. The second-order valence-corrected chi connectivity index (χ2v) is 8.11. The lowest BCUT2D eigenvalue weighted by atomic mass is 9.71. The van der Waals surface area contributed by atoms with Crippen LogP contribution in [0.4, 0.5) is 0 Å². The summed E-state index contributed by atoms with van der Waals surface area (Å²) in [6, 6.07) is 16.6. The Labute approximate surface area is 154 Å². The molecule has 4 heterocycles. The SMILES string of the molecule is CC(=O)OCC1C2CC3CCC1N3C/C2=C\c1ccc2ccccc2c1. The molecule has 4 fully saturated rings. The van der Waals surface area contributed by atoms with Crippen molar-refractivity contribution in [1.29, 1.82) is 0 Å². The zero-order valence-corrected chi connectivity index (χ0v) is 15.2. The number of carbonyl (C=O) groups is 1. The molecule has 5 unspecified atom stereocenters. The van der Waals surface area contributed by atoms with E-state index in [1.807, 2.05) is 0 Å². The normalized spacial score (nSPS) is 33.7. The molecule has 0 N–H and O–H groups in total. The van der Waals surface area contributed by atoms with Crippen LogP contribution in [-0.2, 0) is 9.53 Å². The summed E-state index contributed by atoms with van der Waals surface area (Å²) >= 11 is 0. The number of rotatable bonds is 3. The van der Waals surface area contributed by atoms with Crippen LogP contribution >= 0.6 is 0 Å². The molecule has 4 aliphatic rings. The molecule has 134 valence electrons. The Morgan fingerprint density at radius 2 is 2.04 bits per heavy atom. The van der Waals surface area contributed by atoms with Crippen LogP contribution < -0.4 is 0 Å². The van der Waals surface area contributed by atoms with E-state index in [1.54, 1.807) is 0 Å². The van der Waals surface area contributed by atoms with Gasteiger partial charge >= 0.3 is 5.97 Å². The zero-order valence-electron chi connectivity index (χ0n) is 15.2. The predicted molar refractivity (Wildman–Crippen MR) is 104 cm³/mol. The molecule has 0 radical (unpaired) electrons. The van der Waals surface area contributed by atoms with Crippen LogP contribution in [0.15, 0.2) is 48.0 Å². The molecule has 0 aromatic heterocycles. The van der Waals surface area contributed by atoms with Crippen molar-refractivity contribution in [2.75, 3.05) is 13.2 Å². The minimum atomic E-state index is -0.156. The molecule has 2 aromatic carbocycles. The van der Waals surface area contributed by atoms with E-state index < -0.39 is 0 Å². The lowest BCUT2D eigenvalue weighted by Gasteiger charge is -2.51. The van der Waals surface area contributed by atoms with Gasteiger partial charge in [0, 0.05) is 31.5 Å². The van der Waals surface area contributed by atoms with Gasteiger partial charge in [-0.15, -0.1) is 0 Å². The van der Waals surface area contributed by atoms with Gasteiger partial charge in [0.05, 0.1) is 6.61 Å². The lowest BCUT2D eigenvalue weighted by Crippen LogP contribution is -2.57. The molecule has 4 bridgehead atoms. The molecule has 3 nitrogen and oxygen atoms in total. The van der Waals surface area contributed by atoms with E-state index in [1.165, 1.54) is 48.1 Å². The highest BCUT2D eigenvalue weighted by molar-refractivity contribution is 5.84. The zero-order chi connectivity index (χ0) is 17.7. The Morgan fingerprint density at radius 3 is 2.88 bits per heavy atom. The number of ether oxygens (including phenoxy) is 1. The summed E-state index contributed by atoms with van der Waals surface area (Å²) in [5.74, 6) is 0.859. The first-order valence-corrected chi connectivity index (χ1v) is 9.77. The largest absolute Gasteiger partial charge is 0.465 e. The van der Waals surface area contributed by atoms with Gasteiger partial charge in [-0.05, 0) is 47.6 Å². The maximum atomic E-state index is 11.3. The van der Waals surface area contributed by atoms with Gasteiger partial charge < -0.3 is 4.74 Å². The Morgan fingerprint density at radius 1 is 1.19 bits per heavy atom. The monoisotopic (exact) mass is 347 g/mol. The van der Waals surface area contributed by atoms with Crippen LogP contribution in [0.5, 0.6) is 0 Å². The van der Waals surface area contributed by atoms with Crippen molar-refractivity contribution >= 4 is 22.8 Å². The Hall–Kier alpha value is -2.13. The van der Waals surface area contributed by atoms with Gasteiger partial charge in [-0.25, -0.2) is 0 Å². The molecule has 6 rings (SSSR count). The minimum absolute atomic E-state index is 0.156. The van der Waals surface area contributed by atoms with Crippen LogP contribution in [0.25, 0.3) is 16.8 Å². The molecule has 4 aliphatic heterocycles. The average Bonchev–Trinajstić information content (AvgIpc) is 2.96. The van der Waals surface area contributed by atoms with E-state index in [9.17, 15) is 4.79 Å². The summed E-state index contributed by atoms with van der Waals surface area (Å²) in [6.45, 7) is 3.18. The van der Waals surface area contributed by atoms with Gasteiger partial charge in [-0.1, -0.05) is 48.0 Å². The summed E-state index contributed by atoms with van der Waals surface area (Å²) in [7, 11) is 0. The summed E-state index contributed by atoms with van der Waals surface area (Å²) in [5, 5.41) is 2.58. The number of fused-ring (bicyclic) bond motifs is 2. The number of hydrogen-bond donors (Lipinski definition) is 0. The topological polar surface area (TPSA) is 29.5 Å². The van der Waals surface area contributed by atoms with Gasteiger partial charge in [0.1, 0.15) is 0 Å². The predicted octanol–water partition coefficient (Wildman–Crippen LogP) is 4.27. The number of nitrogens with zero attached hydrogens (tertiary/aromatic N) is 1. The number of esters is 1. The van der Waals surface area contributed by atoms with E-state index >= 15 is 0 Å². The highest BCUT2D eigenvalue weighted by atomic mass is 16.5. The number of carbonyl (C=O) groups excluding carboxylic acids is 1. The number of hydrogen-bond acceptors (Lipinski definition) is 3. The molecule has 26 heavy (non-hydrogen) atoms. The van der Waals surface area contributed by atoms with Gasteiger partial charge in [0.15, 0.2) is 0 Å². The van der Waals surface area contributed by atoms with Gasteiger partial charge in [-0.2, -0.15) is 0 Å². The van der Waals surface area contributed by atoms with Crippen LogP contribution in [0.2, 0.25) is 0 Å². The first-order chi connectivity index (χ1) is 12.7. The highest BCUT2D eigenvalue weighted by Crippen LogP contribution is 2.50. The van der Waals surface area contributed by atoms with Gasteiger partial charge in [-0.3, -0.25) is 9.69 Å². The van der Waals surface area contributed by atoms with E-state index in [-0.39, 0.29) is 5.97 Å². The average molecular weight is 347 g/mol. The third kappa shape index (κ3) is 2.66. The highest BCUT2D eigenvalue weighted by Gasteiger charge is 2.52. The Kier molecular flexibility index (Phi) is 3.86. The Bertz CT molecular complexity index is 887. The fourth-order valence-corrected chi connectivity index (χ4v) is 5.52. The minimum Gasteiger partial charge on any atom is -0.465 e. The first-order valence-electron chi connectivity index (χ1n) is 9.77. The van der Waals surface area contributed by atoms with Crippen molar-refractivity contribution < 1.29 is 9.53 Å². The van der Waals surface area contributed by atoms with E-state index in [0.29, 0.717) is 24.5 Å². The lowest BCUT2D eigenvalue weighted by molar-refractivity contribution is -0.145. The second kappa shape index (κ2) is 6.24. The number of benzene rings is 2. The van der Waals surface area contributed by atoms with E-state index in [2.05, 4.69) is 53.4 Å². The maximum Gasteiger partial charge on any atom is 0.302 e. The molecule has 3 heteroatoms. The quantitative estimate of drug-likeness (QED) is 0.777. The summed E-state index contributed by atoms with van der Waals surface area (Å²) in [4.78, 5) is 14.0. The van der Waals surface area contributed by atoms with Crippen LogP contribution in [0.3, 0.4) is 0 Å². The van der Waals surface area contributed by atoms with Crippen LogP contribution in [0, 0.1) is 11.8 Å². The number of piperidine rings is 3.